The molecular formula is C12H14N4O2. The molecule has 1 aromatic carbocycles. The second-order valence-electron chi connectivity index (χ2n) is 4.03. The van der Waals surface area contributed by atoms with E-state index in [1.807, 2.05) is 6.92 Å². The maximum Gasteiger partial charge on any atom is 0.338 e. The molecule has 0 fully saturated rings. The van der Waals surface area contributed by atoms with Crippen LogP contribution in [-0.2, 0) is 18.4 Å². The van der Waals surface area contributed by atoms with Gasteiger partial charge in [-0.2, -0.15) is 0 Å². The van der Waals surface area contributed by atoms with Gasteiger partial charge in [-0.15, -0.1) is 5.10 Å². The van der Waals surface area contributed by atoms with Crippen LogP contribution in [0.3, 0.4) is 0 Å². The number of nitrogen functional groups attached to an aromatic ring is 1. The number of anilines is 1. The smallest absolute Gasteiger partial charge is 0.338 e. The summed E-state index contributed by atoms with van der Waals surface area (Å²) >= 11 is 0. The lowest BCUT2D eigenvalue weighted by Crippen LogP contribution is -2.06. The predicted molar refractivity (Wildman–Crippen MR) is 65.7 cm³/mol. The van der Waals surface area contributed by atoms with Crippen molar-refractivity contribution >= 4 is 11.7 Å². The summed E-state index contributed by atoms with van der Waals surface area (Å²) in [6.07, 6.45) is 1.70. The molecule has 0 amide bonds. The van der Waals surface area contributed by atoms with Crippen LogP contribution in [0.5, 0.6) is 0 Å². The number of carbonyl (C=O) groups excluding carboxylic acids is 1. The van der Waals surface area contributed by atoms with Crippen LogP contribution in [-0.4, -0.2) is 21.0 Å². The van der Waals surface area contributed by atoms with Crippen LogP contribution < -0.4 is 5.73 Å². The van der Waals surface area contributed by atoms with Crippen molar-refractivity contribution in [3.8, 4) is 0 Å². The summed E-state index contributed by atoms with van der Waals surface area (Å²) in [5.41, 5.74) is 8.27. The first-order valence-electron chi connectivity index (χ1n) is 5.44. The highest BCUT2D eigenvalue weighted by atomic mass is 16.5. The summed E-state index contributed by atoms with van der Waals surface area (Å²) in [5, 5.41) is 7.58. The molecule has 0 unspecified atom stereocenters. The number of nitrogens with zero attached hydrogens (tertiary/aromatic N) is 3. The second-order valence-corrected chi connectivity index (χ2v) is 4.03. The number of carbonyl (C=O) groups is 1. The van der Waals surface area contributed by atoms with Gasteiger partial charge in [0.25, 0.3) is 0 Å². The molecule has 1 aromatic heterocycles. The van der Waals surface area contributed by atoms with Gasteiger partial charge in [-0.3, -0.25) is 4.68 Å². The SMILES string of the molecule is Cc1cc(C(=O)OCc2cn(C)nn2)ccc1N. The Morgan fingerprint density at radius 2 is 2.28 bits per heavy atom. The van der Waals surface area contributed by atoms with E-state index in [0.29, 0.717) is 16.9 Å². The Labute approximate surface area is 104 Å². The maximum atomic E-state index is 11.8. The molecule has 0 radical (unpaired) electrons. The number of esters is 1. The number of benzene rings is 1. The Kier molecular flexibility index (Phi) is 3.27. The van der Waals surface area contributed by atoms with Crippen molar-refractivity contribution in [1.82, 2.24) is 15.0 Å². The van der Waals surface area contributed by atoms with Gasteiger partial charge in [-0.1, -0.05) is 5.21 Å². The molecule has 2 N–H and O–H groups in total. The van der Waals surface area contributed by atoms with E-state index >= 15 is 0 Å². The number of aryl methyl sites for hydroxylation is 2. The number of ether oxygens (including phenoxy) is 1. The summed E-state index contributed by atoms with van der Waals surface area (Å²) in [6, 6.07) is 5.03. The zero-order chi connectivity index (χ0) is 13.1. The largest absolute Gasteiger partial charge is 0.455 e. The highest BCUT2D eigenvalue weighted by molar-refractivity contribution is 5.90. The Morgan fingerprint density at radius 1 is 1.50 bits per heavy atom. The summed E-state index contributed by atoms with van der Waals surface area (Å²) < 4.78 is 6.68. The lowest BCUT2D eigenvalue weighted by atomic mass is 10.1. The first kappa shape index (κ1) is 12.1. The van der Waals surface area contributed by atoms with Crippen molar-refractivity contribution in [1.29, 1.82) is 0 Å². The Morgan fingerprint density at radius 3 is 2.89 bits per heavy atom. The van der Waals surface area contributed by atoms with E-state index in [1.54, 1.807) is 36.1 Å². The standard InChI is InChI=1S/C12H14N4O2/c1-8-5-9(3-4-11(8)13)12(17)18-7-10-6-16(2)15-14-10/h3-6H,7,13H2,1-2H3. The van der Waals surface area contributed by atoms with Crippen molar-refractivity contribution in [3.05, 3.63) is 41.2 Å². The minimum atomic E-state index is -0.399. The number of rotatable bonds is 3. The molecular weight excluding hydrogens is 232 g/mol. The van der Waals surface area contributed by atoms with Crippen molar-refractivity contribution in [2.24, 2.45) is 7.05 Å². The zero-order valence-electron chi connectivity index (χ0n) is 10.3. The van der Waals surface area contributed by atoms with Crippen LogP contribution in [0, 0.1) is 6.92 Å². The second kappa shape index (κ2) is 4.87. The Balaban J connectivity index is 2.01. The van der Waals surface area contributed by atoms with E-state index in [0.717, 1.165) is 5.56 Å². The molecule has 0 aliphatic carbocycles. The number of hydrogen-bond donors (Lipinski definition) is 1. The van der Waals surface area contributed by atoms with Gasteiger partial charge in [0.1, 0.15) is 12.3 Å². The third-order valence-corrected chi connectivity index (χ3v) is 2.51. The Bertz CT molecular complexity index is 577. The van der Waals surface area contributed by atoms with E-state index in [1.165, 1.54) is 0 Å². The van der Waals surface area contributed by atoms with Crippen molar-refractivity contribution in [2.45, 2.75) is 13.5 Å². The molecule has 18 heavy (non-hydrogen) atoms. The fourth-order valence-electron chi connectivity index (χ4n) is 1.49. The summed E-state index contributed by atoms with van der Waals surface area (Å²) in [5.74, 6) is -0.399. The van der Waals surface area contributed by atoms with Gasteiger partial charge < -0.3 is 10.5 Å². The zero-order valence-corrected chi connectivity index (χ0v) is 10.3. The normalized spacial score (nSPS) is 10.3. The van der Waals surface area contributed by atoms with Crippen LogP contribution in [0.25, 0.3) is 0 Å². The monoisotopic (exact) mass is 246 g/mol. The number of hydrogen-bond acceptors (Lipinski definition) is 5. The fourth-order valence-corrected chi connectivity index (χ4v) is 1.49. The molecule has 0 saturated heterocycles. The Hall–Kier alpha value is -2.37. The van der Waals surface area contributed by atoms with Crippen LogP contribution >= 0.6 is 0 Å². The van der Waals surface area contributed by atoms with E-state index in [-0.39, 0.29) is 6.61 Å². The molecule has 0 saturated carbocycles. The fraction of sp³-hybridized carbons (Fsp3) is 0.250. The summed E-state index contributed by atoms with van der Waals surface area (Å²) in [7, 11) is 1.75. The molecule has 1 heterocycles. The third kappa shape index (κ3) is 2.65. The summed E-state index contributed by atoms with van der Waals surface area (Å²) in [4.78, 5) is 11.8. The molecule has 0 spiro atoms. The lowest BCUT2D eigenvalue weighted by molar-refractivity contribution is 0.0467. The van der Waals surface area contributed by atoms with Gasteiger partial charge in [-0.25, -0.2) is 4.79 Å². The minimum Gasteiger partial charge on any atom is -0.455 e. The molecule has 0 aliphatic rings. The predicted octanol–water partition coefficient (Wildman–Crippen LogP) is 1.06. The van der Waals surface area contributed by atoms with Crippen molar-refractivity contribution < 1.29 is 9.53 Å². The molecule has 2 aromatic rings. The van der Waals surface area contributed by atoms with Crippen molar-refractivity contribution in [3.63, 3.8) is 0 Å². The van der Waals surface area contributed by atoms with Crippen LogP contribution in [0.4, 0.5) is 5.69 Å². The quantitative estimate of drug-likeness (QED) is 0.646. The lowest BCUT2D eigenvalue weighted by Gasteiger charge is -2.05. The molecule has 94 valence electrons. The summed E-state index contributed by atoms with van der Waals surface area (Å²) in [6.45, 7) is 1.95. The van der Waals surface area contributed by atoms with Gasteiger partial charge in [0, 0.05) is 12.7 Å². The number of aromatic nitrogens is 3. The van der Waals surface area contributed by atoms with Gasteiger partial charge >= 0.3 is 5.97 Å². The number of nitrogens with two attached hydrogens (primary N) is 1. The van der Waals surface area contributed by atoms with E-state index in [2.05, 4.69) is 10.3 Å². The van der Waals surface area contributed by atoms with Gasteiger partial charge in [0.15, 0.2) is 0 Å². The molecule has 6 nitrogen and oxygen atoms in total. The topological polar surface area (TPSA) is 83.0 Å². The average molecular weight is 246 g/mol. The van der Waals surface area contributed by atoms with Gasteiger partial charge in [-0.05, 0) is 30.7 Å². The van der Waals surface area contributed by atoms with Crippen molar-refractivity contribution in [2.75, 3.05) is 5.73 Å². The van der Waals surface area contributed by atoms with Gasteiger partial charge in [0.2, 0.25) is 0 Å². The van der Waals surface area contributed by atoms with E-state index in [9.17, 15) is 4.79 Å². The first-order chi connectivity index (χ1) is 8.56. The molecule has 0 atom stereocenters. The molecule has 2 rings (SSSR count). The minimum absolute atomic E-state index is 0.107. The molecule has 0 bridgehead atoms. The van der Waals surface area contributed by atoms with Crippen LogP contribution in [0.15, 0.2) is 24.4 Å². The highest BCUT2D eigenvalue weighted by Gasteiger charge is 2.09. The van der Waals surface area contributed by atoms with Crippen LogP contribution in [0.2, 0.25) is 0 Å². The third-order valence-electron chi connectivity index (χ3n) is 2.51. The van der Waals surface area contributed by atoms with Gasteiger partial charge in [0.05, 0.1) is 11.8 Å². The van der Waals surface area contributed by atoms with E-state index in [4.69, 9.17) is 10.5 Å². The first-order valence-corrected chi connectivity index (χ1v) is 5.44. The average Bonchev–Trinajstić information content (AvgIpc) is 2.75. The highest BCUT2D eigenvalue weighted by Crippen LogP contribution is 2.13. The van der Waals surface area contributed by atoms with Crippen LogP contribution in [0.1, 0.15) is 21.6 Å². The maximum absolute atomic E-state index is 11.8. The van der Waals surface area contributed by atoms with E-state index < -0.39 is 5.97 Å². The molecule has 6 heteroatoms. The molecule has 0 aliphatic heterocycles.